The van der Waals surface area contributed by atoms with Gasteiger partial charge in [-0.1, -0.05) is 6.07 Å². The number of hydrogen-bond acceptors (Lipinski definition) is 6. The van der Waals surface area contributed by atoms with Gasteiger partial charge in [-0.3, -0.25) is 4.72 Å². The van der Waals surface area contributed by atoms with Gasteiger partial charge in [0.25, 0.3) is 10.0 Å². The summed E-state index contributed by atoms with van der Waals surface area (Å²) in [5, 5.41) is 4.53. The Morgan fingerprint density at radius 1 is 0.970 bits per heavy atom. The summed E-state index contributed by atoms with van der Waals surface area (Å²) in [7, 11) is -3.92. The minimum atomic E-state index is -3.92. The Balaban J connectivity index is 1.54. The lowest BCUT2D eigenvalue weighted by Gasteiger charge is -2.11. The number of anilines is 1. The number of nitrogens with one attached hydrogen (secondary N) is 1. The van der Waals surface area contributed by atoms with E-state index in [9.17, 15) is 12.8 Å². The van der Waals surface area contributed by atoms with Crippen LogP contribution in [0.1, 0.15) is 22.8 Å². The van der Waals surface area contributed by atoms with Crippen LogP contribution in [0.15, 0.2) is 59.5 Å². The number of aromatic nitrogens is 4. The number of ether oxygens (including phenoxy) is 1. The first-order valence-corrected chi connectivity index (χ1v) is 11.6. The number of nitrogens with zero attached hydrogens (tertiary/aromatic N) is 4. The minimum absolute atomic E-state index is 0.161. The van der Waals surface area contributed by atoms with Crippen LogP contribution in [0.25, 0.3) is 5.82 Å². The van der Waals surface area contributed by atoms with Crippen LogP contribution in [-0.2, 0) is 10.0 Å². The average Bonchev–Trinajstić information content (AvgIpc) is 3.02. The molecule has 33 heavy (non-hydrogen) atoms. The fraction of sp³-hybridized carbons (Fsp3) is 0.174. The fourth-order valence-corrected chi connectivity index (χ4v) is 4.28. The average molecular weight is 468 g/mol. The highest BCUT2D eigenvalue weighted by atomic mass is 32.2. The van der Waals surface area contributed by atoms with Gasteiger partial charge in [0.15, 0.2) is 5.82 Å². The third kappa shape index (κ3) is 4.85. The van der Waals surface area contributed by atoms with E-state index in [1.54, 1.807) is 41.9 Å². The Hall–Kier alpha value is -3.79. The van der Waals surface area contributed by atoms with Gasteiger partial charge >= 0.3 is 0 Å². The Bertz CT molecular complexity index is 1430. The van der Waals surface area contributed by atoms with Crippen molar-refractivity contribution >= 4 is 15.7 Å². The van der Waals surface area contributed by atoms with Crippen molar-refractivity contribution in [2.24, 2.45) is 0 Å². The number of sulfonamides is 1. The van der Waals surface area contributed by atoms with Crippen LogP contribution < -0.4 is 9.46 Å². The molecule has 0 aliphatic carbocycles. The predicted molar refractivity (Wildman–Crippen MR) is 122 cm³/mol. The summed E-state index contributed by atoms with van der Waals surface area (Å²) in [5.74, 6) is 1.27. The number of halogens is 1. The second-order valence-corrected chi connectivity index (χ2v) is 9.19. The topological polar surface area (TPSA) is 99.0 Å². The third-order valence-corrected chi connectivity index (χ3v) is 6.49. The number of benzene rings is 2. The van der Waals surface area contributed by atoms with Crippen molar-refractivity contribution in [3.8, 4) is 17.4 Å². The van der Waals surface area contributed by atoms with E-state index in [4.69, 9.17) is 4.74 Å². The molecule has 0 saturated heterocycles. The highest BCUT2D eigenvalue weighted by molar-refractivity contribution is 7.92. The summed E-state index contributed by atoms with van der Waals surface area (Å²) < 4.78 is 48.3. The highest BCUT2D eigenvalue weighted by Crippen LogP contribution is 2.25. The molecule has 4 aromatic rings. The van der Waals surface area contributed by atoms with Crippen molar-refractivity contribution in [2.75, 3.05) is 4.72 Å². The largest absolute Gasteiger partial charge is 0.439 e. The van der Waals surface area contributed by atoms with E-state index in [1.165, 1.54) is 18.2 Å². The summed E-state index contributed by atoms with van der Waals surface area (Å²) in [5.41, 5.74) is 3.29. The molecule has 0 radical (unpaired) electrons. The van der Waals surface area contributed by atoms with Crippen LogP contribution in [0.2, 0.25) is 0 Å². The molecule has 2 aromatic heterocycles. The molecule has 2 aromatic carbocycles. The van der Waals surface area contributed by atoms with E-state index in [0.717, 1.165) is 23.0 Å². The standard InChI is InChI=1S/C23H22FN5O3S/c1-14-15(2)27-29(16(14)3)22-13-23(26-17(4)25-22)32-20-10-8-19(9-11-20)28-33(30,31)21-7-5-6-18(24)12-21/h5-13,28H,1-4H3. The molecule has 1 N–H and O–H groups in total. The molecule has 0 unspecified atom stereocenters. The molecular formula is C23H22FN5O3S. The second kappa shape index (κ2) is 8.62. The maximum atomic E-state index is 13.4. The number of hydrogen-bond donors (Lipinski definition) is 1. The Labute approximate surface area is 191 Å². The molecular weight excluding hydrogens is 445 g/mol. The van der Waals surface area contributed by atoms with Gasteiger partial charge < -0.3 is 4.74 Å². The second-order valence-electron chi connectivity index (χ2n) is 7.51. The molecule has 0 fully saturated rings. The Kier molecular flexibility index (Phi) is 5.86. The molecule has 0 bridgehead atoms. The van der Waals surface area contributed by atoms with Gasteiger partial charge in [0.05, 0.1) is 10.6 Å². The van der Waals surface area contributed by atoms with Gasteiger partial charge in [0.2, 0.25) is 5.88 Å². The van der Waals surface area contributed by atoms with Crippen molar-refractivity contribution in [3.05, 3.63) is 83.2 Å². The van der Waals surface area contributed by atoms with Crippen LogP contribution in [0.5, 0.6) is 11.6 Å². The monoisotopic (exact) mass is 467 g/mol. The fourth-order valence-electron chi connectivity index (χ4n) is 3.19. The van der Waals surface area contributed by atoms with E-state index in [2.05, 4.69) is 19.8 Å². The maximum Gasteiger partial charge on any atom is 0.261 e. The van der Waals surface area contributed by atoms with E-state index in [-0.39, 0.29) is 4.90 Å². The molecule has 0 saturated carbocycles. The SMILES string of the molecule is Cc1nc(Oc2ccc(NS(=O)(=O)c3cccc(F)c3)cc2)cc(-n2nc(C)c(C)c2C)n1. The minimum Gasteiger partial charge on any atom is -0.439 e. The van der Waals surface area contributed by atoms with Gasteiger partial charge in [0.1, 0.15) is 17.4 Å². The molecule has 0 aliphatic rings. The van der Waals surface area contributed by atoms with E-state index >= 15 is 0 Å². The molecule has 10 heteroatoms. The van der Waals surface area contributed by atoms with Gasteiger partial charge in [-0.25, -0.2) is 22.5 Å². The normalized spacial score (nSPS) is 11.4. The van der Waals surface area contributed by atoms with Crippen LogP contribution in [-0.4, -0.2) is 28.2 Å². The molecule has 2 heterocycles. The van der Waals surface area contributed by atoms with E-state index < -0.39 is 15.8 Å². The zero-order valence-corrected chi connectivity index (χ0v) is 19.3. The number of rotatable bonds is 6. The summed E-state index contributed by atoms with van der Waals surface area (Å²) in [4.78, 5) is 8.62. The molecule has 0 aliphatic heterocycles. The lowest BCUT2D eigenvalue weighted by Crippen LogP contribution is -2.13. The van der Waals surface area contributed by atoms with Gasteiger partial charge in [-0.2, -0.15) is 10.1 Å². The summed E-state index contributed by atoms with van der Waals surface area (Å²) in [6.07, 6.45) is 0. The van der Waals surface area contributed by atoms with Crippen molar-refractivity contribution in [1.29, 1.82) is 0 Å². The van der Waals surface area contributed by atoms with E-state index in [0.29, 0.717) is 29.0 Å². The van der Waals surface area contributed by atoms with Crippen LogP contribution in [0, 0.1) is 33.5 Å². The van der Waals surface area contributed by atoms with Crippen molar-refractivity contribution in [3.63, 3.8) is 0 Å². The lowest BCUT2D eigenvalue weighted by atomic mass is 10.2. The first kappa shape index (κ1) is 22.4. The highest BCUT2D eigenvalue weighted by Gasteiger charge is 2.16. The van der Waals surface area contributed by atoms with Crippen LogP contribution in [0.4, 0.5) is 10.1 Å². The molecule has 0 spiro atoms. The zero-order valence-electron chi connectivity index (χ0n) is 18.5. The summed E-state index contributed by atoms with van der Waals surface area (Å²) in [6, 6.07) is 12.8. The van der Waals surface area contributed by atoms with Gasteiger partial charge in [-0.05, 0) is 75.7 Å². The first-order chi connectivity index (χ1) is 15.6. The van der Waals surface area contributed by atoms with Crippen molar-refractivity contribution in [2.45, 2.75) is 32.6 Å². The lowest BCUT2D eigenvalue weighted by molar-refractivity contribution is 0.459. The van der Waals surface area contributed by atoms with E-state index in [1.807, 2.05) is 20.8 Å². The molecule has 4 rings (SSSR count). The first-order valence-electron chi connectivity index (χ1n) is 10.1. The smallest absolute Gasteiger partial charge is 0.261 e. The number of aryl methyl sites for hydroxylation is 2. The van der Waals surface area contributed by atoms with Gasteiger partial charge in [-0.15, -0.1) is 0 Å². The Morgan fingerprint density at radius 2 is 1.70 bits per heavy atom. The van der Waals surface area contributed by atoms with Crippen LogP contribution in [0.3, 0.4) is 0 Å². The summed E-state index contributed by atoms with van der Waals surface area (Å²) in [6.45, 7) is 7.67. The predicted octanol–water partition coefficient (Wildman–Crippen LogP) is 4.63. The Morgan fingerprint density at radius 3 is 2.33 bits per heavy atom. The maximum absolute atomic E-state index is 13.4. The molecule has 0 atom stereocenters. The summed E-state index contributed by atoms with van der Waals surface area (Å²) >= 11 is 0. The van der Waals surface area contributed by atoms with Crippen molar-refractivity contribution < 1.29 is 17.5 Å². The third-order valence-electron chi connectivity index (χ3n) is 5.11. The van der Waals surface area contributed by atoms with Gasteiger partial charge in [0, 0.05) is 17.4 Å². The quantitative estimate of drug-likeness (QED) is 0.444. The van der Waals surface area contributed by atoms with Crippen LogP contribution >= 0.6 is 0 Å². The molecule has 170 valence electrons. The molecule has 8 nitrogen and oxygen atoms in total. The van der Waals surface area contributed by atoms with Crippen molar-refractivity contribution in [1.82, 2.24) is 19.7 Å². The molecule has 0 amide bonds. The zero-order chi connectivity index (χ0) is 23.8.